The molecule has 0 unspecified atom stereocenters. The lowest BCUT2D eigenvalue weighted by atomic mass is 10.0. The van der Waals surface area contributed by atoms with Crippen molar-refractivity contribution in [3.63, 3.8) is 0 Å². The molecule has 1 saturated carbocycles. The number of hydrogen-bond acceptors (Lipinski definition) is 6. The largest absolute Gasteiger partial charge is 0.351 e. The van der Waals surface area contributed by atoms with E-state index in [4.69, 9.17) is 4.99 Å². The Hall–Kier alpha value is -2.91. The number of carbonyl (C=O) groups is 2. The number of aryl methyl sites for hydroxylation is 1. The molecule has 5 aliphatic rings. The third kappa shape index (κ3) is 5.18. The molecular formula is C30H44N7O2+. The monoisotopic (exact) mass is 534 g/mol. The van der Waals surface area contributed by atoms with E-state index < -0.39 is 0 Å². The highest BCUT2D eigenvalue weighted by molar-refractivity contribution is 5.97. The molecule has 2 N–H and O–H groups in total. The van der Waals surface area contributed by atoms with Gasteiger partial charge in [0.25, 0.3) is 5.91 Å². The van der Waals surface area contributed by atoms with E-state index in [1.807, 2.05) is 30.1 Å². The average molecular weight is 535 g/mol. The molecule has 4 aliphatic heterocycles. The van der Waals surface area contributed by atoms with Crippen molar-refractivity contribution < 1.29 is 14.1 Å². The van der Waals surface area contributed by atoms with Gasteiger partial charge in [-0.3, -0.25) is 14.9 Å². The number of aliphatic imine (C=N–C) groups is 1. The van der Waals surface area contributed by atoms with Gasteiger partial charge in [-0.1, -0.05) is 19.8 Å². The number of nitrogens with zero attached hydrogens (tertiary/aromatic N) is 5. The molecule has 9 heteroatoms. The fourth-order valence-corrected chi connectivity index (χ4v) is 6.73. The third-order valence-corrected chi connectivity index (χ3v) is 9.57. The van der Waals surface area contributed by atoms with E-state index in [2.05, 4.69) is 34.4 Å². The summed E-state index contributed by atoms with van der Waals surface area (Å²) < 4.78 is 0.760. The normalized spacial score (nSPS) is 24.1. The van der Waals surface area contributed by atoms with E-state index in [0.29, 0.717) is 12.5 Å². The van der Waals surface area contributed by atoms with Gasteiger partial charge in [0.2, 0.25) is 5.91 Å². The number of benzene rings is 1. The minimum Gasteiger partial charge on any atom is -0.351 e. The Morgan fingerprint density at radius 3 is 2.51 bits per heavy atom. The van der Waals surface area contributed by atoms with Crippen LogP contribution in [-0.4, -0.2) is 102 Å². The number of amides is 2. The molecule has 39 heavy (non-hydrogen) atoms. The van der Waals surface area contributed by atoms with Crippen LogP contribution in [0.15, 0.2) is 34.7 Å². The number of likely N-dealkylation sites (N-methyl/N-ethyl adjacent to an activating group) is 1. The van der Waals surface area contributed by atoms with Gasteiger partial charge in [0, 0.05) is 43.3 Å². The van der Waals surface area contributed by atoms with Crippen LogP contribution in [0.5, 0.6) is 0 Å². The Morgan fingerprint density at radius 1 is 1.08 bits per heavy atom. The molecule has 3 fully saturated rings. The standard InChI is InChI=1S/C30H43N7O2/c1-4-21-19-22(29(39)31-23-11-14-34(2)15-12-23)9-10-25(21)32-30-33-28-26(20-37(30)17-18-37)35(3)27(38)13-16-36(28)24-7-5-6-8-24/h9-10,19,23-24H,4-8,11-18,20H2,1-3H3,(H-,31,32,33,39)/p+1. The quantitative estimate of drug-likeness (QED) is 0.449. The first-order valence-corrected chi connectivity index (χ1v) is 15.0. The second-order valence-electron chi connectivity index (χ2n) is 12.2. The van der Waals surface area contributed by atoms with Crippen molar-refractivity contribution in [1.29, 1.82) is 0 Å². The molecule has 0 bridgehead atoms. The van der Waals surface area contributed by atoms with Crippen LogP contribution in [-0.2, 0) is 11.2 Å². The molecule has 0 atom stereocenters. The number of anilines is 1. The van der Waals surface area contributed by atoms with Gasteiger partial charge in [-0.05, 0) is 76.0 Å². The predicted octanol–water partition coefficient (Wildman–Crippen LogP) is 2.96. The molecule has 1 aromatic carbocycles. The van der Waals surface area contributed by atoms with Crippen molar-refractivity contribution in [1.82, 2.24) is 20.0 Å². The molecule has 9 nitrogen and oxygen atoms in total. The van der Waals surface area contributed by atoms with Gasteiger partial charge in [0.05, 0.1) is 0 Å². The SMILES string of the molecule is CCc1cc(C(=O)NC2CCN(C)CC2)ccc1NC1=NC2=C(C[N+]13CC3)N(C)C(=O)CCN2C1CCCC1. The van der Waals surface area contributed by atoms with Crippen molar-refractivity contribution in [3.8, 4) is 0 Å². The fourth-order valence-electron chi connectivity index (χ4n) is 6.73. The van der Waals surface area contributed by atoms with Crippen molar-refractivity contribution in [2.24, 2.45) is 4.99 Å². The highest BCUT2D eigenvalue weighted by Crippen LogP contribution is 2.38. The Labute approximate surface area is 232 Å². The zero-order valence-corrected chi connectivity index (χ0v) is 23.8. The van der Waals surface area contributed by atoms with E-state index in [0.717, 1.165) is 97.3 Å². The lowest BCUT2D eigenvalue weighted by molar-refractivity contribution is -0.696. The smallest absolute Gasteiger partial charge is 0.309 e. The van der Waals surface area contributed by atoms with Gasteiger partial charge in [0.1, 0.15) is 25.3 Å². The summed E-state index contributed by atoms with van der Waals surface area (Å²) in [5.74, 6) is 2.17. The Bertz CT molecular complexity index is 1190. The molecule has 1 aliphatic carbocycles. The van der Waals surface area contributed by atoms with Crippen LogP contribution in [0.2, 0.25) is 0 Å². The second-order valence-corrected chi connectivity index (χ2v) is 12.2. The summed E-state index contributed by atoms with van der Waals surface area (Å²) in [7, 11) is 4.06. The minimum absolute atomic E-state index is 0.0171. The predicted molar refractivity (Wildman–Crippen MR) is 153 cm³/mol. The average Bonchev–Trinajstić information content (AvgIpc) is 3.53. The summed E-state index contributed by atoms with van der Waals surface area (Å²) >= 11 is 0. The molecule has 2 saturated heterocycles. The zero-order chi connectivity index (χ0) is 27.1. The molecule has 0 aromatic heterocycles. The Morgan fingerprint density at radius 2 is 1.82 bits per heavy atom. The first kappa shape index (κ1) is 26.3. The molecular weight excluding hydrogens is 490 g/mol. The van der Waals surface area contributed by atoms with Crippen molar-refractivity contribution >= 4 is 23.5 Å². The van der Waals surface area contributed by atoms with Crippen molar-refractivity contribution in [2.75, 3.05) is 58.7 Å². The molecule has 1 spiro atoms. The number of likely N-dealkylation sites (tertiary alicyclic amines) is 1. The van der Waals surface area contributed by atoms with Crippen LogP contribution in [0.1, 0.15) is 67.8 Å². The first-order chi connectivity index (χ1) is 18.9. The lowest BCUT2D eigenvalue weighted by Gasteiger charge is -2.35. The Kier molecular flexibility index (Phi) is 7.14. The number of nitrogens with one attached hydrogen (secondary N) is 2. The topological polar surface area (TPSA) is 80.3 Å². The van der Waals surface area contributed by atoms with Gasteiger partial charge < -0.3 is 20.0 Å². The van der Waals surface area contributed by atoms with Gasteiger partial charge in [-0.2, -0.15) is 4.99 Å². The first-order valence-electron chi connectivity index (χ1n) is 15.0. The number of guanidine groups is 1. The number of carbonyl (C=O) groups excluding carboxylic acids is 2. The van der Waals surface area contributed by atoms with Crippen LogP contribution in [0.25, 0.3) is 0 Å². The van der Waals surface area contributed by atoms with E-state index >= 15 is 0 Å². The molecule has 1 aromatic rings. The minimum atomic E-state index is 0.0171. The van der Waals surface area contributed by atoms with E-state index in [-0.39, 0.29) is 17.9 Å². The lowest BCUT2D eigenvalue weighted by Crippen LogP contribution is -2.48. The van der Waals surface area contributed by atoms with Gasteiger partial charge in [-0.25, -0.2) is 4.48 Å². The van der Waals surface area contributed by atoms with Crippen LogP contribution in [0, 0.1) is 0 Å². The maximum Gasteiger partial charge on any atom is 0.309 e. The van der Waals surface area contributed by atoms with Gasteiger partial charge in [-0.15, -0.1) is 0 Å². The van der Waals surface area contributed by atoms with Gasteiger partial charge in [0.15, 0.2) is 5.82 Å². The van der Waals surface area contributed by atoms with E-state index in [9.17, 15) is 9.59 Å². The summed E-state index contributed by atoms with van der Waals surface area (Å²) in [4.78, 5) is 37.9. The summed E-state index contributed by atoms with van der Waals surface area (Å²) in [5.41, 5.74) is 3.93. The maximum absolute atomic E-state index is 13.1. The number of piperidine rings is 1. The number of hydrogen-bond donors (Lipinski definition) is 2. The van der Waals surface area contributed by atoms with Gasteiger partial charge >= 0.3 is 5.96 Å². The van der Waals surface area contributed by atoms with E-state index in [1.54, 1.807) is 0 Å². The fraction of sp³-hybridized carbons (Fsp3) is 0.633. The van der Waals surface area contributed by atoms with E-state index in [1.165, 1.54) is 25.7 Å². The van der Waals surface area contributed by atoms with Crippen LogP contribution in [0.3, 0.4) is 0 Å². The Balaban J connectivity index is 1.26. The highest BCUT2D eigenvalue weighted by atomic mass is 16.2. The molecule has 6 rings (SSSR count). The third-order valence-electron chi connectivity index (χ3n) is 9.57. The number of quaternary nitrogens is 1. The molecule has 4 heterocycles. The number of rotatable bonds is 5. The molecule has 2 amide bonds. The summed E-state index contributed by atoms with van der Waals surface area (Å²) in [6, 6.07) is 6.74. The van der Waals surface area contributed by atoms with Crippen molar-refractivity contribution in [2.45, 2.75) is 70.4 Å². The summed E-state index contributed by atoms with van der Waals surface area (Å²) in [6.07, 6.45) is 8.21. The molecule has 210 valence electrons. The van der Waals surface area contributed by atoms with Crippen molar-refractivity contribution in [3.05, 3.63) is 40.8 Å². The summed E-state index contributed by atoms with van der Waals surface area (Å²) in [5, 5.41) is 6.97. The van der Waals surface area contributed by atoms with Crippen LogP contribution in [0.4, 0.5) is 5.69 Å². The van der Waals surface area contributed by atoms with Crippen LogP contribution < -0.4 is 10.6 Å². The highest BCUT2D eigenvalue weighted by Gasteiger charge is 2.53. The molecule has 0 radical (unpaired) electrons. The maximum atomic E-state index is 13.1. The summed E-state index contributed by atoms with van der Waals surface area (Å²) in [6.45, 7) is 7.76. The zero-order valence-electron chi connectivity index (χ0n) is 23.8. The second kappa shape index (κ2) is 10.6. The van der Waals surface area contributed by atoms with Crippen LogP contribution >= 0.6 is 0 Å².